The van der Waals surface area contributed by atoms with E-state index in [1.165, 1.54) is 6.07 Å². The minimum Gasteiger partial charge on any atom is -0.397 e. The van der Waals surface area contributed by atoms with Crippen LogP contribution in [0.15, 0.2) is 35.2 Å². The lowest BCUT2D eigenvalue weighted by Gasteiger charge is -2.07. The summed E-state index contributed by atoms with van der Waals surface area (Å²) in [7, 11) is -4.26. The van der Waals surface area contributed by atoms with E-state index in [4.69, 9.17) is 10.3 Å². The van der Waals surface area contributed by atoms with Gasteiger partial charge in [0.15, 0.2) is 0 Å². The molecular formula is C11H11NO3S. The molecule has 0 saturated heterocycles. The zero-order valence-corrected chi connectivity index (χ0v) is 9.45. The van der Waals surface area contributed by atoms with E-state index in [1.54, 1.807) is 12.1 Å². The van der Waals surface area contributed by atoms with Crippen LogP contribution in [0, 0.1) is 6.92 Å². The van der Waals surface area contributed by atoms with Crippen LogP contribution < -0.4 is 5.73 Å². The molecule has 0 radical (unpaired) electrons. The third kappa shape index (κ3) is 1.75. The van der Waals surface area contributed by atoms with Crippen molar-refractivity contribution < 1.29 is 13.0 Å². The van der Waals surface area contributed by atoms with Gasteiger partial charge in [-0.2, -0.15) is 8.42 Å². The molecular weight excluding hydrogens is 226 g/mol. The van der Waals surface area contributed by atoms with E-state index in [0.717, 1.165) is 10.9 Å². The average Bonchev–Trinajstić information content (AvgIpc) is 2.17. The van der Waals surface area contributed by atoms with E-state index >= 15 is 0 Å². The molecule has 2 rings (SSSR count). The maximum atomic E-state index is 11.1. The first-order chi connectivity index (χ1) is 7.39. The van der Waals surface area contributed by atoms with E-state index in [1.807, 2.05) is 19.1 Å². The van der Waals surface area contributed by atoms with Crippen LogP contribution in [0.2, 0.25) is 0 Å². The highest BCUT2D eigenvalue weighted by Gasteiger charge is 2.15. The Bertz CT molecular complexity index is 662. The molecule has 0 spiro atoms. The van der Waals surface area contributed by atoms with E-state index in [9.17, 15) is 8.42 Å². The first-order valence-electron chi connectivity index (χ1n) is 4.66. The Morgan fingerprint density at radius 2 is 1.81 bits per heavy atom. The van der Waals surface area contributed by atoms with Crippen LogP contribution in [0.5, 0.6) is 0 Å². The molecule has 0 unspecified atom stereocenters. The lowest BCUT2D eigenvalue weighted by Crippen LogP contribution is -2.03. The molecule has 0 aliphatic heterocycles. The van der Waals surface area contributed by atoms with Crippen molar-refractivity contribution in [3.63, 3.8) is 0 Å². The van der Waals surface area contributed by atoms with Gasteiger partial charge in [0.05, 0.1) is 5.69 Å². The second-order valence-electron chi connectivity index (χ2n) is 3.68. The maximum Gasteiger partial charge on any atom is 0.296 e. The van der Waals surface area contributed by atoms with Crippen LogP contribution in [0.1, 0.15) is 5.56 Å². The van der Waals surface area contributed by atoms with Crippen molar-refractivity contribution in [2.75, 3.05) is 5.73 Å². The number of hydrogen-bond acceptors (Lipinski definition) is 3. The van der Waals surface area contributed by atoms with Gasteiger partial charge in [0.1, 0.15) is 4.90 Å². The Morgan fingerprint density at radius 3 is 2.44 bits per heavy atom. The third-order valence-corrected chi connectivity index (χ3v) is 3.37. The molecule has 0 saturated carbocycles. The van der Waals surface area contributed by atoms with Crippen molar-refractivity contribution >= 4 is 26.6 Å². The van der Waals surface area contributed by atoms with E-state index in [2.05, 4.69) is 0 Å². The van der Waals surface area contributed by atoms with Crippen LogP contribution in [0.4, 0.5) is 5.69 Å². The molecule has 84 valence electrons. The fourth-order valence-corrected chi connectivity index (χ4v) is 2.29. The van der Waals surface area contributed by atoms with Gasteiger partial charge >= 0.3 is 0 Å². The smallest absolute Gasteiger partial charge is 0.296 e. The van der Waals surface area contributed by atoms with Crippen molar-refractivity contribution in [3.05, 3.63) is 35.9 Å². The first kappa shape index (κ1) is 10.9. The molecule has 0 aliphatic rings. The number of hydrogen-bond donors (Lipinski definition) is 2. The summed E-state index contributed by atoms with van der Waals surface area (Å²) in [5.74, 6) is 0. The van der Waals surface area contributed by atoms with Crippen LogP contribution >= 0.6 is 0 Å². The fourth-order valence-electron chi connectivity index (χ4n) is 1.66. The molecule has 0 aliphatic carbocycles. The minimum absolute atomic E-state index is 0.0868. The SMILES string of the molecule is Cc1ccc2ccc(S(=O)(=O)O)c(N)c2c1. The first-order valence-corrected chi connectivity index (χ1v) is 6.10. The minimum atomic E-state index is -4.26. The van der Waals surface area contributed by atoms with E-state index in [0.29, 0.717) is 5.39 Å². The summed E-state index contributed by atoms with van der Waals surface area (Å²) < 4.78 is 31.1. The van der Waals surface area contributed by atoms with Gasteiger partial charge < -0.3 is 5.73 Å². The van der Waals surface area contributed by atoms with Gasteiger partial charge in [0.2, 0.25) is 0 Å². The summed E-state index contributed by atoms with van der Waals surface area (Å²) in [4.78, 5) is -0.245. The van der Waals surface area contributed by atoms with Crippen LogP contribution in [0.3, 0.4) is 0 Å². The number of benzene rings is 2. The van der Waals surface area contributed by atoms with Gasteiger partial charge in [-0.05, 0) is 24.4 Å². The standard InChI is InChI=1S/C11H11NO3S/c1-7-2-3-8-4-5-10(16(13,14)15)11(12)9(8)6-7/h2-6H,12H2,1H3,(H,13,14,15). The number of nitrogens with two attached hydrogens (primary N) is 1. The predicted octanol–water partition coefficient (Wildman–Crippen LogP) is 1.98. The quantitative estimate of drug-likeness (QED) is 0.587. The fraction of sp³-hybridized carbons (Fsp3) is 0.0909. The molecule has 5 heteroatoms. The van der Waals surface area contributed by atoms with Crippen LogP contribution in [-0.4, -0.2) is 13.0 Å². The Kier molecular flexibility index (Phi) is 2.36. The van der Waals surface area contributed by atoms with Crippen molar-refractivity contribution in [1.82, 2.24) is 0 Å². The van der Waals surface area contributed by atoms with Gasteiger partial charge in [-0.15, -0.1) is 0 Å². The molecule has 0 amide bonds. The van der Waals surface area contributed by atoms with E-state index < -0.39 is 10.1 Å². The molecule has 0 fully saturated rings. The van der Waals surface area contributed by atoms with Crippen molar-refractivity contribution in [2.45, 2.75) is 11.8 Å². The maximum absolute atomic E-state index is 11.1. The highest BCUT2D eigenvalue weighted by molar-refractivity contribution is 7.86. The Balaban J connectivity index is 2.89. The number of rotatable bonds is 1. The summed E-state index contributed by atoms with van der Waals surface area (Å²) in [6, 6.07) is 8.49. The predicted molar refractivity (Wildman–Crippen MR) is 62.9 cm³/mol. The average molecular weight is 237 g/mol. The molecule has 3 N–H and O–H groups in total. The molecule has 0 aromatic heterocycles. The van der Waals surface area contributed by atoms with Crippen molar-refractivity contribution in [2.24, 2.45) is 0 Å². The van der Waals surface area contributed by atoms with Crippen LogP contribution in [-0.2, 0) is 10.1 Å². The Labute approximate surface area is 93.4 Å². The summed E-state index contributed by atoms with van der Waals surface area (Å²) in [6.07, 6.45) is 0. The normalized spacial score (nSPS) is 11.9. The highest BCUT2D eigenvalue weighted by Crippen LogP contribution is 2.28. The van der Waals surface area contributed by atoms with Crippen molar-refractivity contribution in [3.8, 4) is 0 Å². The molecule has 0 bridgehead atoms. The zero-order valence-electron chi connectivity index (χ0n) is 8.64. The lowest BCUT2D eigenvalue weighted by molar-refractivity contribution is 0.484. The van der Waals surface area contributed by atoms with Gasteiger partial charge in [-0.1, -0.05) is 23.8 Å². The Hall–Kier alpha value is -1.59. The largest absolute Gasteiger partial charge is 0.397 e. The number of nitrogen functional groups attached to an aromatic ring is 1. The van der Waals surface area contributed by atoms with Gasteiger partial charge in [0, 0.05) is 5.39 Å². The third-order valence-electron chi connectivity index (χ3n) is 2.46. The second kappa shape index (κ2) is 3.47. The summed E-state index contributed by atoms with van der Waals surface area (Å²) in [6.45, 7) is 1.89. The molecule has 2 aromatic carbocycles. The zero-order chi connectivity index (χ0) is 11.9. The van der Waals surface area contributed by atoms with E-state index in [-0.39, 0.29) is 10.6 Å². The summed E-state index contributed by atoms with van der Waals surface area (Å²) >= 11 is 0. The molecule has 16 heavy (non-hydrogen) atoms. The number of fused-ring (bicyclic) bond motifs is 1. The topological polar surface area (TPSA) is 80.4 Å². The summed E-state index contributed by atoms with van der Waals surface area (Å²) in [5.41, 5.74) is 6.80. The molecule has 0 heterocycles. The van der Waals surface area contributed by atoms with Gasteiger partial charge in [-0.25, -0.2) is 0 Å². The van der Waals surface area contributed by atoms with Gasteiger partial charge in [0.25, 0.3) is 10.1 Å². The number of aryl methyl sites for hydroxylation is 1. The molecule has 0 atom stereocenters. The lowest BCUT2D eigenvalue weighted by atomic mass is 10.1. The summed E-state index contributed by atoms with van der Waals surface area (Å²) in [5, 5.41) is 1.48. The highest BCUT2D eigenvalue weighted by atomic mass is 32.2. The van der Waals surface area contributed by atoms with Crippen LogP contribution in [0.25, 0.3) is 10.8 Å². The second-order valence-corrected chi connectivity index (χ2v) is 5.07. The monoisotopic (exact) mass is 237 g/mol. The number of anilines is 1. The molecule has 2 aromatic rings. The van der Waals surface area contributed by atoms with Crippen molar-refractivity contribution in [1.29, 1.82) is 0 Å². The van der Waals surface area contributed by atoms with Gasteiger partial charge in [-0.3, -0.25) is 4.55 Å². The molecule has 4 nitrogen and oxygen atoms in total. The Morgan fingerprint density at radius 1 is 1.19 bits per heavy atom.